The van der Waals surface area contributed by atoms with Crippen LogP contribution < -0.4 is 0 Å². The molecule has 0 atom stereocenters. The van der Waals surface area contributed by atoms with Gasteiger partial charge >= 0.3 is 0 Å². The number of ketones is 1. The second-order valence-corrected chi connectivity index (χ2v) is 7.74. The van der Waals surface area contributed by atoms with Crippen LogP contribution in [0.4, 0.5) is 0 Å². The van der Waals surface area contributed by atoms with E-state index in [0.717, 1.165) is 22.1 Å². The van der Waals surface area contributed by atoms with Crippen molar-refractivity contribution in [1.82, 2.24) is 14.8 Å². The van der Waals surface area contributed by atoms with E-state index in [-0.39, 0.29) is 5.78 Å². The number of carbonyl (C=O) groups excluding carboxylic acids is 1. The molecule has 0 fully saturated rings. The van der Waals surface area contributed by atoms with Crippen molar-refractivity contribution in [3.05, 3.63) is 53.4 Å². The summed E-state index contributed by atoms with van der Waals surface area (Å²) in [5.41, 5.74) is 3.22. The van der Waals surface area contributed by atoms with Crippen LogP contribution in [-0.2, 0) is 6.54 Å². The van der Waals surface area contributed by atoms with Crippen molar-refractivity contribution in [3.63, 3.8) is 0 Å². The van der Waals surface area contributed by atoms with Gasteiger partial charge in [-0.3, -0.25) is 4.79 Å². The standard InChI is InChI=1S/C20H27N3OS/c1-7-10-23-15(6)21-22-20(23)25-12-19(24)17-9-8-16(13(2)3)11-18(17)14(4)5/h7-9,11,13-14H,1,10,12H2,2-6H3. The molecule has 0 aliphatic carbocycles. The van der Waals surface area contributed by atoms with Crippen molar-refractivity contribution in [1.29, 1.82) is 0 Å². The van der Waals surface area contributed by atoms with E-state index < -0.39 is 0 Å². The summed E-state index contributed by atoms with van der Waals surface area (Å²) >= 11 is 1.43. The quantitative estimate of drug-likeness (QED) is 0.379. The van der Waals surface area contributed by atoms with Crippen LogP contribution in [0.15, 0.2) is 36.0 Å². The molecule has 0 amide bonds. The minimum atomic E-state index is 0.134. The van der Waals surface area contributed by atoms with Gasteiger partial charge in [-0.15, -0.1) is 16.8 Å². The second-order valence-electron chi connectivity index (χ2n) is 6.80. The highest BCUT2D eigenvalue weighted by molar-refractivity contribution is 7.99. The predicted octanol–water partition coefficient (Wildman–Crippen LogP) is 4.99. The highest BCUT2D eigenvalue weighted by atomic mass is 32.2. The molecule has 25 heavy (non-hydrogen) atoms. The molecule has 0 saturated heterocycles. The van der Waals surface area contributed by atoms with E-state index >= 15 is 0 Å². The highest BCUT2D eigenvalue weighted by Gasteiger charge is 2.17. The van der Waals surface area contributed by atoms with E-state index in [0.29, 0.717) is 24.1 Å². The molecule has 0 aliphatic heterocycles. The Morgan fingerprint density at radius 2 is 1.96 bits per heavy atom. The fraction of sp³-hybridized carbons (Fsp3) is 0.450. The molecule has 1 aromatic heterocycles. The van der Waals surface area contributed by atoms with Crippen molar-refractivity contribution >= 4 is 17.5 Å². The molecule has 2 aromatic rings. The average molecular weight is 358 g/mol. The normalized spacial score (nSPS) is 11.3. The largest absolute Gasteiger partial charge is 0.302 e. The number of Topliss-reactive ketones (excluding diaryl/α,β-unsaturated/α-hetero) is 1. The minimum Gasteiger partial charge on any atom is -0.302 e. The van der Waals surface area contributed by atoms with E-state index in [2.05, 4.69) is 56.6 Å². The number of nitrogens with zero attached hydrogens (tertiary/aromatic N) is 3. The van der Waals surface area contributed by atoms with Gasteiger partial charge in [-0.2, -0.15) is 0 Å². The maximum atomic E-state index is 12.8. The first-order valence-corrected chi connectivity index (χ1v) is 9.64. The van der Waals surface area contributed by atoms with Gasteiger partial charge in [0.15, 0.2) is 10.9 Å². The molecule has 2 rings (SSSR count). The van der Waals surface area contributed by atoms with Crippen LogP contribution in [0.2, 0.25) is 0 Å². The molecule has 0 spiro atoms. The zero-order chi connectivity index (χ0) is 18.6. The average Bonchev–Trinajstić information content (AvgIpc) is 2.92. The van der Waals surface area contributed by atoms with E-state index in [1.54, 1.807) is 0 Å². The predicted molar refractivity (Wildman–Crippen MR) is 105 cm³/mol. The summed E-state index contributed by atoms with van der Waals surface area (Å²) in [5.74, 6) is 2.09. The number of allylic oxidation sites excluding steroid dienone is 1. The topological polar surface area (TPSA) is 47.8 Å². The lowest BCUT2D eigenvalue weighted by atomic mass is 9.90. The van der Waals surface area contributed by atoms with Crippen LogP contribution in [0, 0.1) is 6.92 Å². The summed E-state index contributed by atoms with van der Waals surface area (Å²) < 4.78 is 1.97. The zero-order valence-corrected chi connectivity index (χ0v) is 16.6. The first kappa shape index (κ1) is 19.4. The van der Waals surface area contributed by atoms with Crippen LogP contribution in [0.3, 0.4) is 0 Å². The minimum absolute atomic E-state index is 0.134. The molecule has 4 nitrogen and oxygen atoms in total. The molecule has 0 saturated carbocycles. The number of aryl methyl sites for hydroxylation is 1. The molecule has 0 radical (unpaired) electrons. The van der Waals surface area contributed by atoms with Crippen molar-refractivity contribution in [3.8, 4) is 0 Å². The van der Waals surface area contributed by atoms with E-state index in [1.165, 1.54) is 17.3 Å². The van der Waals surface area contributed by atoms with Crippen LogP contribution in [0.25, 0.3) is 0 Å². The molecular formula is C20H27N3OS. The fourth-order valence-corrected chi connectivity index (χ4v) is 3.56. The maximum Gasteiger partial charge on any atom is 0.191 e. The van der Waals surface area contributed by atoms with Gasteiger partial charge in [-0.05, 0) is 29.9 Å². The molecule has 5 heteroatoms. The van der Waals surface area contributed by atoms with Gasteiger partial charge in [-0.1, -0.05) is 63.7 Å². The smallest absolute Gasteiger partial charge is 0.191 e. The summed E-state index contributed by atoms with van der Waals surface area (Å²) in [5, 5.41) is 9.03. The zero-order valence-electron chi connectivity index (χ0n) is 15.7. The molecule has 0 unspecified atom stereocenters. The number of hydrogen-bond donors (Lipinski definition) is 0. The maximum absolute atomic E-state index is 12.8. The third kappa shape index (κ3) is 4.60. The molecule has 1 aromatic carbocycles. The Bertz CT molecular complexity index is 762. The molecular weight excluding hydrogens is 330 g/mol. The molecule has 0 N–H and O–H groups in total. The monoisotopic (exact) mass is 357 g/mol. The summed E-state index contributed by atoms with van der Waals surface area (Å²) in [4.78, 5) is 12.8. The first-order chi connectivity index (χ1) is 11.8. The van der Waals surface area contributed by atoms with Gasteiger partial charge in [0.1, 0.15) is 5.82 Å². The van der Waals surface area contributed by atoms with Crippen molar-refractivity contribution in [2.75, 3.05) is 5.75 Å². The van der Waals surface area contributed by atoms with Gasteiger partial charge in [-0.25, -0.2) is 0 Å². The third-order valence-corrected chi connectivity index (χ3v) is 5.18. The lowest BCUT2D eigenvalue weighted by Gasteiger charge is -2.15. The second kappa shape index (κ2) is 8.48. The van der Waals surface area contributed by atoms with Crippen LogP contribution in [0.5, 0.6) is 0 Å². The molecule has 0 bridgehead atoms. The lowest BCUT2D eigenvalue weighted by Crippen LogP contribution is -2.10. The molecule has 0 aliphatic rings. The Balaban J connectivity index is 2.20. The van der Waals surface area contributed by atoms with Crippen LogP contribution in [0.1, 0.15) is 66.8 Å². The summed E-state index contributed by atoms with van der Waals surface area (Å²) in [6.07, 6.45) is 1.81. The first-order valence-electron chi connectivity index (χ1n) is 8.65. The Labute approximate surface area is 154 Å². The van der Waals surface area contributed by atoms with Crippen molar-refractivity contribution < 1.29 is 4.79 Å². The van der Waals surface area contributed by atoms with E-state index in [4.69, 9.17) is 0 Å². The number of aromatic nitrogens is 3. The van der Waals surface area contributed by atoms with E-state index in [1.807, 2.05) is 23.6 Å². The highest BCUT2D eigenvalue weighted by Crippen LogP contribution is 2.27. The van der Waals surface area contributed by atoms with Crippen LogP contribution >= 0.6 is 11.8 Å². The molecule has 134 valence electrons. The van der Waals surface area contributed by atoms with Crippen LogP contribution in [-0.4, -0.2) is 26.3 Å². The van der Waals surface area contributed by atoms with Gasteiger partial charge < -0.3 is 4.57 Å². The van der Waals surface area contributed by atoms with Gasteiger partial charge in [0.2, 0.25) is 0 Å². The van der Waals surface area contributed by atoms with Crippen molar-refractivity contribution in [2.24, 2.45) is 0 Å². The Morgan fingerprint density at radius 3 is 2.56 bits per heavy atom. The summed E-state index contributed by atoms with van der Waals surface area (Å²) in [6, 6.07) is 6.23. The SMILES string of the molecule is C=CCn1c(C)nnc1SCC(=O)c1ccc(C(C)C)cc1C(C)C. The van der Waals surface area contributed by atoms with Crippen molar-refractivity contribution in [2.45, 2.75) is 58.2 Å². The van der Waals surface area contributed by atoms with E-state index in [9.17, 15) is 4.79 Å². The lowest BCUT2D eigenvalue weighted by molar-refractivity contribution is 0.102. The Morgan fingerprint density at radius 1 is 1.24 bits per heavy atom. The third-order valence-electron chi connectivity index (χ3n) is 4.21. The van der Waals surface area contributed by atoms with Gasteiger partial charge in [0, 0.05) is 12.1 Å². The Hall–Kier alpha value is -1.88. The van der Waals surface area contributed by atoms with Gasteiger partial charge in [0.05, 0.1) is 5.75 Å². The summed E-state index contributed by atoms with van der Waals surface area (Å²) in [7, 11) is 0. The molecule has 1 heterocycles. The number of carbonyl (C=O) groups is 1. The number of hydrogen-bond acceptors (Lipinski definition) is 4. The summed E-state index contributed by atoms with van der Waals surface area (Å²) in [6.45, 7) is 14.9. The number of benzene rings is 1. The van der Waals surface area contributed by atoms with Gasteiger partial charge in [0.25, 0.3) is 0 Å². The Kier molecular flexibility index (Phi) is 6.59. The number of thioether (sulfide) groups is 1. The number of rotatable bonds is 8. The fourth-order valence-electron chi connectivity index (χ4n) is 2.69.